The SMILES string of the molecule is COc1ccc(S(=O)(=O)N2CCC[C@@H](C(=O)Nc3c(C)cccc3C(C)C)C2)cc1Cl. The van der Waals surface area contributed by atoms with E-state index in [0.29, 0.717) is 25.1 Å². The molecule has 0 bridgehead atoms. The van der Waals surface area contributed by atoms with Crippen molar-refractivity contribution in [2.45, 2.75) is 44.4 Å². The molecule has 0 spiro atoms. The molecule has 1 N–H and O–H groups in total. The molecule has 1 aliphatic rings. The number of aryl methyl sites for hydroxylation is 1. The molecule has 0 aromatic heterocycles. The number of benzene rings is 2. The van der Waals surface area contributed by atoms with Crippen LogP contribution in [0, 0.1) is 12.8 Å². The standard InChI is InChI=1S/C23H29ClN2O4S/c1-15(2)19-9-5-7-16(3)22(19)25-23(27)17-8-6-12-26(14-17)31(28,29)18-10-11-21(30-4)20(24)13-18/h5,7,9-11,13,15,17H,6,8,12,14H2,1-4H3,(H,25,27)/t17-/m1/s1. The number of nitrogens with one attached hydrogen (secondary N) is 1. The Balaban J connectivity index is 1.79. The fraction of sp³-hybridized carbons (Fsp3) is 0.435. The molecule has 0 unspecified atom stereocenters. The maximum Gasteiger partial charge on any atom is 0.243 e. The van der Waals surface area contributed by atoms with Crippen LogP contribution in [0.1, 0.15) is 43.7 Å². The van der Waals surface area contributed by atoms with Gasteiger partial charge in [0.2, 0.25) is 15.9 Å². The Kier molecular flexibility index (Phi) is 7.29. The molecule has 1 heterocycles. The first-order valence-electron chi connectivity index (χ1n) is 10.4. The zero-order valence-electron chi connectivity index (χ0n) is 18.3. The Morgan fingerprint density at radius 1 is 1.26 bits per heavy atom. The third-order valence-corrected chi connectivity index (χ3v) is 7.85. The number of rotatable bonds is 6. The molecule has 0 saturated carbocycles. The van der Waals surface area contributed by atoms with Crippen molar-refractivity contribution in [1.29, 1.82) is 0 Å². The first-order chi connectivity index (χ1) is 14.6. The molecule has 168 valence electrons. The molecule has 8 heteroatoms. The molecule has 6 nitrogen and oxygen atoms in total. The number of ether oxygens (including phenoxy) is 1. The number of piperidine rings is 1. The number of sulfonamides is 1. The van der Waals surface area contributed by atoms with E-state index in [1.54, 1.807) is 0 Å². The number of halogens is 1. The van der Waals surface area contributed by atoms with Gasteiger partial charge < -0.3 is 10.1 Å². The van der Waals surface area contributed by atoms with Crippen LogP contribution in [-0.4, -0.2) is 38.8 Å². The summed E-state index contributed by atoms with van der Waals surface area (Å²) in [6.07, 6.45) is 1.26. The van der Waals surface area contributed by atoms with Crippen molar-refractivity contribution in [2.75, 3.05) is 25.5 Å². The average Bonchev–Trinajstić information content (AvgIpc) is 2.74. The number of hydrogen-bond donors (Lipinski definition) is 1. The second-order valence-corrected chi connectivity index (χ2v) is 10.5. The largest absolute Gasteiger partial charge is 0.495 e. The van der Waals surface area contributed by atoms with Crippen molar-refractivity contribution in [3.63, 3.8) is 0 Å². The van der Waals surface area contributed by atoms with Gasteiger partial charge in [0, 0.05) is 18.8 Å². The van der Waals surface area contributed by atoms with Gasteiger partial charge in [-0.15, -0.1) is 0 Å². The van der Waals surface area contributed by atoms with E-state index >= 15 is 0 Å². The summed E-state index contributed by atoms with van der Waals surface area (Å²) in [5, 5.41) is 3.30. The van der Waals surface area contributed by atoms with Crippen LogP contribution in [0.2, 0.25) is 5.02 Å². The van der Waals surface area contributed by atoms with Crippen LogP contribution in [0.5, 0.6) is 5.75 Å². The monoisotopic (exact) mass is 464 g/mol. The van der Waals surface area contributed by atoms with Gasteiger partial charge >= 0.3 is 0 Å². The molecule has 1 fully saturated rings. The Morgan fingerprint density at radius 3 is 2.65 bits per heavy atom. The van der Waals surface area contributed by atoms with E-state index in [9.17, 15) is 13.2 Å². The zero-order chi connectivity index (χ0) is 22.8. The Bertz CT molecular complexity index is 1070. The van der Waals surface area contributed by atoms with E-state index in [0.717, 1.165) is 16.8 Å². The Labute approximate surface area is 189 Å². The molecule has 2 aromatic carbocycles. The van der Waals surface area contributed by atoms with Crippen LogP contribution >= 0.6 is 11.6 Å². The van der Waals surface area contributed by atoms with Crippen LogP contribution in [0.25, 0.3) is 0 Å². The lowest BCUT2D eigenvalue weighted by molar-refractivity contribution is -0.120. The van der Waals surface area contributed by atoms with Crippen LogP contribution in [0.15, 0.2) is 41.3 Å². The lowest BCUT2D eigenvalue weighted by atomic mass is 9.95. The van der Waals surface area contributed by atoms with Crippen molar-refractivity contribution < 1.29 is 17.9 Å². The van der Waals surface area contributed by atoms with Crippen molar-refractivity contribution in [3.05, 3.63) is 52.5 Å². The molecule has 1 atom stereocenters. The summed E-state index contributed by atoms with van der Waals surface area (Å²) in [4.78, 5) is 13.2. The van der Waals surface area contributed by atoms with Gasteiger partial charge in [0.25, 0.3) is 0 Å². The van der Waals surface area contributed by atoms with Crippen LogP contribution < -0.4 is 10.1 Å². The number of methoxy groups -OCH3 is 1. The van der Waals surface area contributed by atoms with Gasteiger partial charge in [0.1, 0.15) is 5.75 Å². The first kappa shape index (κ1) is 23.6. The zero-order valence-corrected chi connectivity index (χ0v) is 19.9. The minimum Gasteiger partial charge on any atom is -0.495 e. The van der Waals surface area contributed by atoms with Crippen molar-refractivity contribution in [2.24, 2.45) is 5.92 Å². The molecule has 31 heavy (non-hydrogen) atoms. The number of para-hydroxylation sites is 1. The highest BCUT2D eigenvalue weighted by atomic mass is 35.5. The molecular weight excluding hydrogens is 436 g/mol. The van der Waals surface area contributed by atoms with Crippen LogP contribution in [0.3, 0.4) is 0 Å². The fourth-order valence-electron chi connectivity index (χ4n) is 3.90. The first-order valence-corrected chi connectivity index (χ1v) is 12.2. The Morgan fingerprint density at radius 2 is 2.00 bits per heavy atom. The summed E-state index contributed by atoms with van der Waals surface area (Å²) in [6.45, 7) is 6.64. The molecule has 1 amide bonds. The number of hydrogen-bond acceptors (Lipinski definition) is 4. The van der Waals surface area contributed by atoms with Gasteiger partial charge in [0.15, 0.2) is 0 Å². The van der Waals surface area contributed by atoms with Gasteiger partial charge in [-0.2, -0.15) is 4.31 Å². The van der Waals surface area contributed by atoms with Gasteiger partial charge in [-0.05, 0) is 55.0 Å². The number of carbonyl (C=O) groups is 1. The summed E-state index contributed by atoms with van der Waals surface area (Å²) in [5.41, 5.74) is 2.89. The second-order valence-electron chi connectivity index (χ2n) is 8.18. The van der Waals surface area contributed by atoms with Gasteiger partial charge in [-0.3, -0.25) is 4.79 Å². The summed E-state index contributed by atoms with van der Waals surface area (Å²) in [7, 11) is -2.29. The number of amides is 1. The van der Waals surface area contributed by atoms with Crippen molar-refractivity contribution >= 4 is 33.2 Å². The topological polar surface area (TPSA) is 75.7 Å². The molecular formula is C23H29ClN2O4S. The number of nitrogens with zero attached hydrogens (tertiary/aromatic N) is 1. The summed E-state index contributed by atoms with van der Waals surface area (Å²) >= 11 is 6.13. The minimum absolute atomic E-state index is 0.0976. The van der Waals surface area contributed by atoms with Crippen LogP contribution in [0.4, 0.5) is 5.69 Å². The van der Waals surface area contributed by atoms with Crippen molar-refractivity contribution in [3.8, 4) is 5.75 Å². The predicted molar refractivity (Wildman–Crippen MR) is 123 cm³/mol. The van der Waals surface area contributed by atoms with Crippen LogP contribution in [-0.2, 0) is 14.8 Å². The third-order valence-electron chi connectivity index (χ3n) is 5.69. The van der Waals surface area contributed by atoms with E-state index in [1.165, 1.54) is 29.6 Å². The maximum atomic E-state index is 13.2. The molecule has 2 aromatic rings. The van der Waals surface area contributed by atoms with E-state index in [4.69, 9.17) is 16.3 Å². The average molecular weight is 465 g/mol. The van der Waals surface area contributed by atoms with E-state index in [1.807, 2.05) is 25.1 Å². The minimum atomic E-state index is -3.77. The smallest absolute Gasteiger partial charge is 0.243 e. The lowest BCUT2D eigenvalue weighted by Gasteiger charge is -2.31. The summed E-state index contributed by atoms with van der Waals surface area (Å²) in [6, 6.07) is 10.4. The fourth-order valence-corrected chi connectivity index (χ4v) is 5.77. The molecule has 3 rings (SSSR count). The van der Waals surface area contributed by atoms with Gasteiger partial charge in [-0.25, -0.2) is 8.42 Å². The summed E-state index contributed by atoms with van der Waals surface area (Å²) < 4.78 is 32.8. The van der Waals surface area contributed by atoms with Gasteiger partial charge in [-0.1, -0.05) is 43.6 Å². The second kappa shape index (κ2) is 9.59. The predicted octanol–water partition coefficient (Wildman–Crippen LogP) is 4.82. The quantitative estimate of drug-likeness (QED) is 0.664. The van der Waals surface area contributed by atoms with Gasteiger partial charge in [0.05, 0.1) is 22.9 Å². The molecule has 0 aliphatic carbocycles. The maximum absolute atomic E-state index is 13.2. The molecule has 1 saturated heterocycles. The summed E-state index contributed by atoms with van der Waals surface area (Å²) in [5.74, 6) is 0.106. The highest BCUT2D eigenvalue weighted by Gasteiger charge is 2.34. The van der Waals surface area contributed by atoms with E-state index in [-0.39, 0.29) is 28.3 Å². The Hall–Kier alpha value is -2.09. The van der Waals surface area contributed by atoms with Crippen molar-refractivity contribution in [1.82, 2.24) is 4.31 Å². The number of carbonyl (C=O) groups excluding carboxylic acids is 1. The van der Waals surface area contributed by atoms with E-state index < -0.39 is 15.9 Å². The molecule has 0 radical (unpaired) electrons. The number of anilines is 1. The highest BCUT2D eigenvalue weighted by Crippen LogP contribution is 2.32. The van der Waals surface area contributed by atoms with E-state index in [2.05, 4.69) is 19.2 Å². The third kappa shape index (κ3) is 5.05. The lowest BCUT2D eigenvalue weighted by Crippen LogP contribution is -2.43. The molecule has 1 aliphatic heterocycles. The normalized spacial score (nSPS) is 17.5. The highest BCUT2D eigenvalue weighted by molar-refractivity contribution is 7.89.